The summed E-state index contributed by atoms with van der Waals surface area (Å²) in [5.74, 6) is 1.91. The minimum Gasteiger partial charge on any atom is -0.370 e. The van der Waals surface area contributed by atoms with Gasteiger partial charge in [-0.15, -0.1) is 0 Å². The molecule has 20 heavy (non-hydrogen) atoms. The normalized spacial score (nSPS) is 17.1. The van der Waals surface area contributed by atoms with E-state index >= 15 is 0 Å². The third-order valence-corrected chi connectivity index (χ3v) is 3.56. The molecule has 0 aliphatic carbocycles. The molecular weight excluding hydrogens is 252 g/mol. The van der Waals surface area contributed by atoms with E-state index in [1.165, 1.54) is 5.56 Å². The van der Waals surface area contributed by atoms with Crippen molar-refractivity contribution in [1.29, 1.82) is 0 Å². The Kier molecular flexibility index (Phi) is 5.55. The molecule has 112 valence electrons. The lowest BCUT2D eigenvalue weighted by Crippen LogP contribution is -2.47. The van der Waals surface area contributed by atoms with Gasteiger partial charge in [-0.1, -0.05) is 13.3 Å². The van der Waals surface area contributed by atoms with E-state index in [1.807, 2.05) is 0 Å². The number of piperazine rings is 1. The van der Waals surface area contributed by atoms with Gasteiger partial charge in [0, 0.05) is 38.3 Å². The fourth-order valence-corrected chi connectivity index (χ4v) is 2.38. The van der Waals surface area contributed by atoms with E-state index < -0.39 is 0 Å². The largest absolute Gasteiger partial charge is 0.370 e. The summed E-state index contributed by atoms with van der Waals surface area (Å²) in [5, 5.41) is 5.58. The Labute approximate surface area is 121 Å². The maximum atomic E-state index is 4.44. The highest BCUT2D eigenvalue weighted by Gasteiger charge is 2.17. The molecule has 1 fully saturated rings. The molecule has 0 atom stereocenters. The number of anilines is 2. The zero-order valence-corrected chi connectivity index (χ0v) is 12.8. The summed E-state index contributed by atoms with van der Waals surface area (Å²) in [5.41, 5.74) is 4.66. The molecule has 2 heterocycles. The van der Waals surface area contributed by atoms with Crippen molar-refractivity contribution in [2.75, 3.05) is 50.5 Å². The number of likely N-dealkylation sites (N-methyl/N-ethyl adjacent to an activating group) is 1. The fourth-order valence-electron chi connectivity index (χ4n) is 2.38. The summed E-state index contributed by atoms with van der Waals surface area (Å²) < 4.78 is 0. The first-order valence-electron chi connectivity index (χ1n) is 7.52. The number of aromatic nitrogens is 2. The highest BCUT2D eigenvalue weighted by atomic mass is 15.5. The summed E-state index contributed by atoms with van der Waals surface area (Å²) in [6, 6.07) is 0. The predicted octanol–water partition coefficient (Wildman–Crippen LogP) is 1.44. The smallest absolute Gasteiger partial charge is 0.149 e. The second-order valence-corrected chi connectivity index (χ2v) is 5.23. The van der Waals surface area contributed by atoms with Crippen LogP contribution in [0, 0.1) is 0 Å². The molecule has 0 radical (unpaired) electrons. The topological polar surface area (TPSA) is 56.3 Å². The van der Waals surface area contributed by atoms with Crippen LogP contribution in [0.1, 0.15) is 25.8 Å². The van der Waals surface area contributed by atoms with Crippen LogP contribution in [0.5, 0.6) is 0 Å². The molecule has 2 rings (SSSR count). The monoisotopic (exact) mass is 278 g/mol. The molecule has 0 amide bonds. The highest BCUT2D eigenvalue weighted by Crippen LogP contribution is 2.22. The Hall–Kier alpha value is -1.40. The number of hydrazine groups is 1. The molecule has 0 saturated carbocycles. The van der Waals surface area contributed by atoms with E-state index in [0.717, 1.165) is 57.2 Å². The van der Waals surface area contributed by atoms with Gasteiger partial charge in [0.05, 0.1) is 0 Å². The van der Waals surface area contributed by atoms with E-state index in [9.17, 15) is 0 Å². The zero-order chi connectivity index (χ0) is 14.4. The average Bonchev–Trinajstić information content (AvgIpc) is 2.45. The van der Waals surface area contributed by atoms with Crippen LogP contribution in [-0.4, -0.2) is 59.6 Å². The van der Waals surface area contributed by atoms with Gasteiger partial charge >= 0.3 is 0 Å². The van der Waals surface area contributed by atoms with E-state index in [2.05, 4.69) is 51.5 Å². The molecule has 6 nitrogen and oxygen atoms in total. The molecule has 1 aromatic rings. The molecule has 0 unspecified atom stereocenters. The van der Waals surface area contributed by atoms with Gasteiger partial charge in [-0.2, -0.15) is 0 Å². The molecule has 1 aliphatic rings. The predicted molar refractivity (Wildman–Crippen MR) is 82.9 cm³/mol. The van der Waals surface area contributed by atoms with Crippen LogP contribution in [0.2, 0.25) is 0 Å². The van der Waals surface area contributed by atoms with E-state index in [4.69, 9.17) is 0 Å². The van der Waals surface area contributed by atoms with Crippen LogP contribution in [0.25, 0.3) is 0 Å². The van der Waals surface area contributed by atoms with Crippen LogP contribution in [-0.2, 0) is 6.42 Å². The molecular formula is C14H26N6. The number of rotatable bonds is 6. The van der Waals surface area contributed by atoms with Crippen molar-refractivity contribution in [3.63, 3.8) is 0 Å². The van der Waals surface area contributed by atoms with Gasteiger partial charge in [-0.25, -0.2) is 15.0 Å². The first-order chi connectivity index (χ1) is 9.74. The Morgan fingerprint density at radius 3 is 2.45 bits per heavy atom. The summed E-state index contributed by atoms with van der Waals surface area (Å²) in [7, 11) is 2.16. The Morgan fingerprint density at radius 1 is 1.10 bits per heavy atom. The maximum Gasteiger partial charge on any atom is 0.149 e. The van der Waals surface area contributed by atoms with Gasteiger partial charge in [-0.3, -0.25) is 0 Å². The molecule has 6 heteroatoms. The first-order valence-corrected chi connectivity index (χ1v) is 7.52. The molecule has 2 N–H and O–H groups in total. The summed E-state index contributed by atoms with van der Waals surface area (Å²) >= 11 is 0. The van der Waals surface area contributed by atoms with Gasteiger partial charge in [0.2, 0.25) is 0 Å². The number of nitrogens with one attached hydrogen (secondary N) is 2. The minimum absolute atomic E-state index is 0.877. The number of hydrogen-bond donors (Lipinski definition) is 2. The van der Waals surface area contributed by atoms with Gasteiger partial charge in [0.1, 0.15) is 18.0 Å². The van der Waals surface area contributed by atoms with Crippen LogP contribution < -0.4 is 10.7 Å². The number of hydrogen-bond acceptors (Lipinski definition) is 6. The van der Waals surface area contributed by atoms with Crippen molar-refractivity contribution in [3.8, 4) is 0 Å². The molecule has 0 bridgehead atoms. The van der Waals surface area contributed by atoms with Crippen molar-refractivity contribution < 1.29 is 0 Å². The van der Waals surface area contributed by atoms with Crippen LogP contribution in [0.4, 0.5) is 11.6 Å². The van der Waals surface area contributed by atoms with Gasteiger partial charge in [0.15, 0.2) is 0 Å². The molecule has 1 aromatic heterocycles. The SMILES string of the molecule is CCCc1c(NCC)ncnc1NN1CCN(C)CC1. The summed E-state index contributed by atoms with van der Waals surface area (Å²) in [6.45, 7) is 9.35. The fraction of sp³-hybridized carbons (Fsp3) is 0.714. The average molecular weight is 278 g/mol. The summed E-state index contributed by atoms with van der Waals surface area (Å²) in [6.07, 6.45) is 3.71. The lowest BCUT2D eigenvalue weighted by molar-refractivity contribution is 0.178. The van der Waals surface area contributed by atoms with E-state index in [-0.39, 0.29) is 0 Å². The standard InChI is InChI=1S/C14H26N6/c1-4-6-12-13(15-5-2)16-11-17-14(12)18-20-9-7-19(3)8-10-20/h11H,4-10H2,1-3H3,(H2,15,16,17,18). The molecule has 0 spiro atoms. The van der Waals surface area contributed by atoms with E-state index in [1.54, 1.807) is 6.33 Å². The quantitative estimate of drug-likeness (QED) is 0.821. The highest BCUT2D eigenvalue weighted by molar-refractivity contribution is 5.57. The maximum absolute atomic E-state index is 4.44. The molecule has 1 aliphatic heterocycles. The molecule has 1 saturated heterocycles. The van der Waals surface area contributed by atoms with Crippen molar-refractivity contribution >= 4 is 11.6 Å². The van der Waals surface area contributed by atoms with Crippen molar-refractivity contribution in [3.05, 3.63) is 11.9 Å². The zero-order valence-electron chi connectivity index (χ0n) is 12.8. The van der Waals surface area contributed by atoms with Crippen molar-refractivity contribution in [2.45, 2.75) is 26.7 Å². The van der Waals surface area contributed by atoms with Crippen LogP contribution >= 0.6 is 0 Å². The third-order valence-electron chi connectivity index (χ3n) is 3.56. The number of nitrogens with zero attached hydrogens (tertiary/aromatic N) is 4. The Balaban J connectivity index is 2.11. The molecule has 0 aromatic carbocycles. The third kappa shape index (κ3) is 3.80. The first kappa shape index (κ1) is 15.0. The van der Waals surface area contributed by atoms with Gasteiger partial charge in [-0.05, 0) is 20.4 Å². The van der Waals surface area contributed by atoms with Gasteiger partial charge in [0.25, 0.3) is 0 Å². The van der Waals surface area contributed by atoms with E-state index in [0.29, 0.717) is 0 Å². The van der Waals surface area contributed by atoms with Crippen LogP contribution in [0.15, 0.2) is 6.33 Å². The second-order valence-electron chi connectivity index (χ2n) is 5.23. The Bertz CT molecular complexity index is 414. The lowest BCUT2D eigenvalue weighted by Gasteiger charge is -2.33. The van der Waals surface area contributed by atoms with Crippen LogP contribution in [0.3, 0.4) is 0 Å². The minimum atomic E-state index is 0.877. The summed E-state index contributed by atoms with van der Waals surface area (Å²) in [4.78, 5) is 11.1. The van der Waals surface area contributed by atoms with Gasteiger partial charge < -0.3 is 15.6 Å². The van der Waals surface area contributed by atoms with Crippen molar-refractivity contribution in [1.82, 2.24) is 19.9 Å². The second kappa shape index (κ2) is 7.40. The van der Waals surface area contributed by atoms with Crippen molar-refractivity contribution in [2.24, 2.45) is 0 Å². The lowest BCUT2D eigenvalue weighted by atomic mass is 10.1. The Morgan fingerprint density at radius 2 is 1.80 bits per heavy atom.